The molecule has 0 saturated carbocycles. The van der Waals surface area contributed by atoms with E-state index in [1.165, 1.54) is 0 Å². The number of nitrogens with one attached hydrogen (secondary N) is 2. The molecule has 4 rings (SSSR count). The monoisotopic (exact) mass is 371 g/mol. The maximum atomic E-state index is 5.70. The lowest BCUT2D eigenvalue weighted by atomic mass is 10.2. The maximum absolute atomic E-state index is 5.70. The van der Waals surface area contributed by atoms with Crippen LogP contribution in [0, 0.1) is 6.92 Å². The molecule has 0 spiro atoms. The van der Waals surface area contributed by atoms with Crippen LogP contribution in [0.2, 0.25) is 0 Å². The second-order valence-electron chi connectivity index (χ2n) is 6.34. The van der Waals surface area contributed by atoms with Crippen LogP contribution >= 0.6 is 0 Å². The highest BCUT2D eigenvalue weighted by Gasteiger charge is 2.04. The van der Waals surface area contributed by atoms with E-state index in [0.29, 0.717) is 19.1 Å². The predicted octanol–water partition coefficient (Wildman–Crippen LogP) is 4.57. The molecule has 0 aliphatic carbocycles. The largest absolute Gasteiger partial charge is 0.492 e. The van der Waals surface area contributed by atoms with E-state index >= 15 is 0 Å². The molecular weight excluding hydrogens is 350 g/mol. The Labute approximate surface area is 163 Å². The van der Waals surface area contributed by atoms with Gasteiger partial charge in [0.1, 0.15) is 18.2 Å². The minimum absolute atomic E-state index is 0.549. The SMILES string of the molecule is Cc1cc(NCCOc2ccccc2)nc(Nc2ccc3ncccc3c2)n1. The molecule has 2 aromatic heterocycles. The van der Waals surface area contributed by atoms with Gasteiger partial charge in [-0.25, -0.2) is 4.98 Å². The summed E-state index contributed by atoms with van der Waals surface area (Å²) in [5, 5.41) is 7.62. The quantitative estimate of drug-likeness (QED) is 0.464. The third kappa shape index (κ3) is 4.54. The average Bonchev–Trinajstić information content (AvgIpc) is 2.71. The number of nitrogens with zero attached hydrogens (tertiary/aromatic N) is 3. The number of hydrogen-bond acceptors (Lipinski definition) is 6. The van der Waals surface area contributed by atoms with E-state index in [4.69, 9.17) is 4.74 Å². The molecule has 2 N–H and O–H groups in total. The molecule has 0 aliphatic heterocycles. The van der Waals surface area contributed by atoms with Crippen molar-refractivity contribution in [3.63, 3.8) is 0 Å². The van der Waals surface area contributed by atoms with Crippen molar-refractivity contribution in [1.82, 2.24) is 15.0 Å². The Kier molecular flexibility index (Phi) is 5.29. The minimum Gasteiger partial charge on any atom is -0.492 e. The van der Waals surface area contributed by atoms with Crippen LogP contribution in [0.1, 0.15) is 5.69 Å². The summed E-state index contributed by atoms with van der Waals surface area (Å²) in [6.45, 7) is 3.14. The van der Waals surface area contributed by atoms with Crippen molar-refractivity contribution in [2.45, 2.75) is 6.92 Å². The first-order valence-electron chi connectivity index (χ1n) is 9.15. The van der Waals surface area contributed by atoms with Gasteiger partial charge in [-0.2, -0.15) is 4.98 Å². The number of fused-ring (bicyclic) bond motifs is 1. The lowest BCUT2D eigenvalue weighted by Gasteiger charge is -2.11. The van der Waals surface area contributed by atoms with Crippen molar-refractivity contribution < 1.29 is 4.74 Å². The summed E-state index contributed by atoms with van der Waals surface area (Å²) in [7, 11) is 0. The second-order valence-corrected chi connectivity index (χ2v) is 6.34. The molecule has 28 heavy (non-hydrogen) atoms. The van der Waals surface area contributed by atoms with Crippen LogP contribution in [-0.4, -0.2) is 28.1 Å². The molecule has 2 aromatic carbocycles. The second kappa shape index (κ2) is 8.35. The minimum atomic E-state index is 0.549. The Morgan fingerprint density at radius 3 is 2.71 bits per heavy atom. The third-order valence-electron chi connectivity index (χ3n) is 4.13. The van der Waals surface area contributed by atoms with Gasteiger partial charge in [0, 0.05) is 29.0 Å². The number of benzene rings is 2. The van der Waals surface area contributed by atoms with Gasteiger partial charge in [-0.15, -0.1) is 0 Å². The normalized spacial score (nSPS) is 10.6. The number of hydrogen-bond donors (Lipinski definition) is 2. The van der Waals surface area contributed by atoms with Crippen LogP contribution in [0.5, 0.6) is 5.75 Å². The van der Waals surface area contributed by atoms with Crippen LogP contribution < -0.4 is 15.4 Å². The number of rotatable bonds is 7. The standard InChI is InChI=1S/C22H21N5O/c1-16-14-21(24-12-13-28-19-7-3-2-4-8-19)27-22(25-16)26-18-9-10-20-17(15-18)6-5-11-23-20/h2-11,14-15H,12-13H2,1H3,(H2,24,25,26,27). The van der Waals surface area contributed by atoms with Crippen LogP contribution in [0.3, 0.4) is 0 Å². The van der Waals surface area contributed by atoms with Gasteiger partial charge in [-0.05, 0) is 43.3 Å². The fourth-order valence-corrected chi connectivity index (χ4v) is 2.86. The lowest BCUT2D eigenvalue weighted by molar-refractivity contribution is 0.333. The van der Waals surface area contributed by atoms with Crippen molar-refractivity contribution in [2.24, 2.45) is 0 Å². The molecule has 140 valence electrons. The molecule has 2 heterocycles. The lowest BCUT2D eigenvalue weighted by Crippen LogP contribution is -2.13. The smallest absolute Gasteiger partial charge is 0.229 e. The summed E-state index contributed by atoms with van der Waals surface area (Å²) < 4.78 is 5.70. The molecule has 0 fully saturated rings. The van der Waals surface area contributed by atoms with Gasteiger partial charge in [0.25, 0.3) is 0 Å². The van der Waals surface area contributed by atoms with Gasteiger partial charge < -0.3 is 15.4 Å². The number of aryl methyl sites for hydroxylation is 1. The van der Waals surface area contributed by atoms with Crippen molar-refractivity contribution >= 4 is 28.4 Å². The molecule has 0 amide bonds. The summed E-state index contributed by atoms with van der Waals surface area (Å²) in [5.41, 5.74) is 2.76. The van der Waals surface area contributed by atoms with Crippen molar-refractivity contribution in [2.75, 3.05) is 23.8 Å². The molecule has 0 atom stereocenters. The van der Waals surface area contributed by atoms with Crippen LogP contribution in [0.25, 0.3) is 10.9 Å². The molecule has 0 bridgehead atoms. The number of ether oxygens (including phenoxy) is 1. The zero-order valence-electron chi connectivity index (χ0n) is 15.6. The number of pyridine rings is 1. The Bertz CT molecular complexity index is 1070. The molecule has 0 unspecified atom stereocenters. The first-order valence-corrected chi connectivity index (χ1v) is 9.15. The van der Waals surface area contributed by atoms with Gasteiger partial charge in [0.15, 0.2) is 0 Å². The molecular formula is C22H21N5O. The maximum Gasteiger partial charge on any atom is 0.229 e. The van der Waals surface area contributed by atoms with Gasteiger partial charge in [0.2, 0.25) is 5.95 Å². The zero-order chi connectivity index (χ0) is 19.2. The first kappa shape index (κ1) is 17.7. The molecule has 0 aliphatic rings. The van der Waals surface area contributed by atoms with E-state index in [2.05, 4.69) is 25.6 Å². The van der Waals surface area contributed by atoms with Crippen LogP contribution in [0.15, 0.2) is 72.9 Å². The Morgan fingerprint density at radius 2 is 1.82 bits per heavy atom. The van der Waals surface area contributed by atoms with E-state index in [9.17, 15) is 0 Å². The van der Waals surface area contributed by atoms with E-state index in [-0.39, 0.29) is 0 Å². The summed E-state index contributed by atoms with van der Waals surface area (Å²) in [4.78, 5) is 13.4. The average molecular weight is 371 g/mol. The predicted molar refractivity (Wildman–Crippen MR) is 112 cm³/mol. The Hall–Kier alpha value is -3.67. The molecule has 0 saturated heterocycles. The molecule has 6 nitrogen and oxygen atoms in total. The van der Waals surface area contributed by atoms with Gasteiger partial charge >= 0.3 is 0 Å². The molecule has 4 aromatic rings. The van der Waals surface area contributed by atoms with Crippen molar-refractivity contribution in [1.29, 1.82) is 0 Å². The Morgan fingerprint density at radius 1 is 0.929 bits per heavy atom. The highest BCUT2D eigenvalue weighted by Crippen LogP contribution is 2.20. The zero-order valence-corrected chi connectivity index (χ0v) is 15.6. The number of anilines is 3. The highest BCUT2D eigenvalue weighted by molar-refractivity contribution is 5.82. The molecule has 0 radical (unpaired) electrons. The fourth-order valence-electron chi connectivity index (χ4n) is 2.86. The van der Waals surface area contributed by atoms with E-state index in [0.717, 1.165) is 33.9 Å². The van der Waals surface area contributed by atoms with E-state index in [1.807, 2.05) is 73.7 Å². The van der Waals surface area contributed by atoms with Gasteiger partial charge in [-0.3, -0.25) is 4.98 Å². The van der Waals surface area contributed by atoms with Crippen LogP contribution in [-0.2, 0) is 0 Å². The summed E-state index contributed by atoms with van der Waals surface area (Å²) in [6.07, 6.45) is 1.79. The summed E-state index contributed by atoms with van der Waals surface area (Å²) in [6, 6.07) is 21.6. The number of aromatic nitrogens is 3. The Balaban J connectivity index is 1.40. The molecule has 6 heteroatoms. The van der Waals surface area contributed by atoms with Crippen molar-refractivity contribution in [3.05, 3.63) is 78.6 Å². The van der Waals surface area contributed by atoms with Crippen LogP contribution in [0.4, 0.5) is 17.5 Å². The van der Waals surface area contributed by atoms with E-state index in [1.54, 1.807) is 6.20 Å². The first-order chi connectivity index (χ1) is 13.8. The third-order valence-corrected chi connectivity index (χ3v) is 4.13. The summed E-state index contributed by atoms with van der Waals surface area (Å²) >= 11 is 0. The fraction of sp³-hybridized carbons (Fsp3) is 0.136. The van der Waals surface area contributed by atoms with Gasteiger partial charge in [-0.1, -0.05) is 24.3 Å². The highest BCUT2D eigenvalue weighted by atomic mass is 16.5. The van der Waals surface area contributed by atoms with Gasteiger partial charge in [0.05, 0.1) is 12.1 Å². The van der Waals surface area contributed by atoms with Crippen molar-refractivity contribution in [3.8, 4) is 5.75 Å². The summed E-state index contributed by atoms with van der Waals surface area (Å²) in [5.74, 6) is 2.17. The topological polar surface area (TPSA) is 72.0 Å². The number of para-hydroxylation sites is 1. The van der Waals surface area contributed by atoms with E-state index < -0.39 is 0 Å².